The van der Waals surface area contributed by atoms with Crippen molar-refractivity contribution in [3.05, 3.63) is 98.1 Å². The number of nitrogens with zero attached hydrogens (tertiary/aromatic N) is 8. The molecule has 8 heterocycles. The van der Waals surface area contributed by atoms with Gasteiger partial charge in [0.2, 0.25) is 0 Å². The Morgan fingerprint density at radius 1 is 0.273 bits per heavy atom. The van der Waals surface area contributed by atoms with E-state index in [4.69, 9.17) is 0 Å². The van der Waals surface area contributed by atoms with E-state index in [1.165, 1.54) is 0 Å². The van der Waals surface area contributed by atoms with Crippen LogP contribution < -0.4 is 44.7 Å². The van der Waals surface area contributed by atoms with E-state index in [1.807, 2.05) is 48.5 Å². The Labute approximate surface area is 276 Å². The van der Waals surface area contributed by atoms with Crippen LogP contribution in [0.3, 0.4) is 0 Å². The topological polar surface area (TPSA) is 229 Å². The van der Waals surface area contributed by atoms with Crippen LogP contribution in [0, 0.1) is 0 Å². The smallest absolute Gasteiger partial charge is 0.289 e. The van der Waals surface area contributed by atoms with Crippen LogP contribution in [0.15, 0.2) is 98.1 Å². The van der Waals surface area contributed by atoms with Crippen LogP contribution in [0.2, 0.25) is 0 Å². The summed E-state index contributed by atoms with van der Waals surface area (Å²) in [5, 5.41) is 58.2. The maximum atomic E-state index is 4.40. The van der Waals surface area contributed by atoms with Gasteiger partial charge in [0.05, 0.1) is 0 Å². The fourth-order valence-corrected chi connectivity index (χ4v) is 5.92. The first-order valence-corrected chi connectivity index (χ1v) is 13.2. The van der Waals surface area contributed by atoms with Gasteiger partial charge in [-0.3, -0.25) is 40.8 Å². The van der Waals surface area contributed by atoms with E-state index in [1.54, 1.807) is 49.6 Å². The standard InChI is InChI=1S/2C12H12BN8.2Pd/c2*1-5-14-18-9(1)13(10-2-6-15-19-10,11-3-7-16-20-11)12-4-8-17-21-12;;/h2*1-8H,(H,14,18)(H,15,19)(H,16,20)(H,17,21);;/q2*-1;2*+2. The first-order valence-electron chi connectivity index (χ1n) is 13.2. The third-order valence-corrected chi connectivity index (χ3v) is 7.73. The Morgan fingerprint density at radius 2 is 0.409 bits per heavy atom. The zero-order chi connectivity index (χ0) is 28.2. The molecule has 0 fully saturated rings. The summed E-state index contributed by atoms with van der Waals surface area (Å²) in [5.41, 5.74) is 6.68. The second-order valence-corrected chi connectivity index (χ2v) is 9.72. The average Bonchev–Trinajstić information content (AvgIpc) is 3.91. The molecule has 0 radical (unpaired) electrons. The zero-order valence-electron chi connectivity index (χ0n) is 22.6. The summed E-state index contributed by atoms with van der Waals surface area (Å²) in [4.78, 5) is 0. The van der Waals surface area contributed by atoms with Crippen molar-refractivity contribution in [1.29, 1.82) is 0 Å². The summed E-state index contributed by atoms with van der Waals surface area (Å²) in [5.74, 6) is 0. The van der Waals surface area contributed by atoms with Gasteiger partial charge in [0, 0.05) is 49.6 Å². The number of nitrogens with one attached hydrogen (secondary N) is 8. The maximum Gasteiger partial charge on any atom is 2.00 e. The molecule has 0 unspecified atom stereocenters. The molecule has 8 aromatic heterocycles. The summed E-state index contributed by atoms with van der Waals surface area (Å²) in [6.07, 6.45) is 11.1. The van der Waals surface area contributed by atoms with Crippen molar-refractivity contribution in [2.24, 2.45) is 0 Å². The molecule has 0 saturated carbocycles. The Kier molecular flexibility index (Phi) is 9.17. The molecule has 0 saturated heterocycles. The number of rotatable bonds is 8. The van der Waals surface area contributed by atoms with Crippen LogP contribution in [0.5, 0.6) is 0 Å². The van der Waals surface area contributed by atoms with E-state index in [9.17, 15) is 0 Å². The number of hydrogen-bond acceptors (Lipinski definition) is 8. The Morgan fingerprint density at radius 3 is 0.500 bits per heavy atom. The number of aromatic nitrogens is 16. The number of H-pyrrole nitrogens is 8. The molecule has 8 rings (SSSR count). The monoisotopic (exact) mass is 770 g/mol. The number of aromatic amines is 8. The molecule has 0 atom stereocenters. The molecule has 0 aliphatic heterocycles. The van der Waals surface area contributed by atoms with Gasteiger partial charge in [-0.05, 0) is 0 Å². The van der Waals surface area contributed by atoms with E-state index in [0.29, 0.717) is 0 Å². The minimum Gasteiger partial charge on any atom is -0.289 e. The molecule has 0 aliphatic carbocycles. The van der Waals surface area contributed by atoms with Crippen LogP contribution in [-0.2, 0) is 40.8 Å². The van der Waals surface area contributed by atoms with Crippen LogP contribution in [0.25, 0.3) is 0 Å². The predicted octanol–water partition coefficient (Wildman–Crippen LogP) is -4.09. The minimum atomic E-state index is -1.62. The second-order valence-electron chi connectivity index (χ2n) is 9.72. The van der Waals surface area contributed by atoms with Gasteiger partial charge in [-0.2, -0.15) is 0 Å². The van der Waals surface area contributed by atoms with Crippen molar-refractivity contribution in [3.8, 4) is 0 Å². The van der Waals surface area contributed by atoms with Crippen LogP contribution in [0.4, 0.5) is 0 Å². The van der Waals surface area contributed by atoms with Gasteiger partial charge in [-0.1, -0.05) is 93.3 Å². The molecule has 44 heavy (non-hydrogen) atoms. The molecule has 0 aliphatic rings. The first-order chi connectivity index (χ1) is 20.8. The van der Waals surface area contributed by atoms with E-state index in [-0.39, 0.29) is 40.8 Å². The van der Waals surface area contributed by atoms with E-state index >= 15 is 0 Å². The molecule has 0 amide bonds. The average molecular weight is 771 g/mol. The molecule has 8 aromatic rings. The molecule has 8 N–H and O–H groups in total. The van der Waals surface area contributed by atoms with Crippen molar-refractivity contribution in [3.63, 3.8) is 0 Å². The van der Waals surface area contributed by atoms with Crippen molar-refractivity contribution in [2.75, 3.05) is 0 Å². The minimum absolute atomic E-state index is 0. The van der Waals surface area contributed by atoms with Crippen LogP contribution >= 0.6 is 0 Å². The normalized spacial score (nSPS) is 11.3. The SMILES string of the molecule is [Pd+2].[Pd+2].c1cc([B-](c2cc[nH]n2)(c2cc[nH]n2)c2cc[nH]n2)n[nH]1.c1cc([B-](c2cc[nH]n2)(c2cc[nH]n2)c2cc[nH]n2)n[nH]1. The molecule has 20 heteroatoms. The largest absolute Gasteiger partial charge is 2.00 e. The summed E-state index contributed by atoms with van der Waals surface area (Å²) < 4.78 is 0. The molecule has 0 bridgehead atoms. The fourth-order valence-electron chi connectivity index (χ4n) is 5.92. The molecule has 16 nitrogen and oxygen atoms in total. The van der Waals surface area contributed by atoms with Crippen molar-refractivity contribution < 1.29 is 40.8 Å². The van der Waals surface area contributed by atoms with Crippen molar-refractivity contribution >= 4 is 57.0 Å². The Balaban J connectivity index is 0.000000167. The Hall–Kier alpha value is -4.87. The number of hydrogen-bond donors (Lipinski definition) is 8. The van der Waals surface area contributed by atoms with Gasteiger partial charge < -0.3 is 0 Å². The predicted molar refractivity (Wildman–Crippen MR) is 157 cm³/mol. The summed E-state index contributed by atoms with van der Waals surface area (Å²) in [6.45, 7) is 0. The molecular weight excluding hydrogens is 747 g/mol. The van der Waals surface area contributed by atoms with Crippen molar-refractivity contribution in [1.82, 2.24) is 81.6 Å². The van der Waals surface area contributed by atoms with E-state index in [0.717, 1.165) is 44.7 Å². The molecule has 0 aromatic carbocycles. The molecule has 0 spiro atoms. The van der Waals surface area contributed by atoms with Crippen molar-refractivity contribution in [2.45, 2.75) is 0 Å². The van der Waals surface area contributed by atoms with Crippen LogP contribution in [-0.4, -0.2) is 93.9 Å². The summed E-state index contributed by atoms with van der Waals surface area (Å²) >= 11 is 0. The van der Waals surface area contributed by atoms with Gasteiger partial charge >= 0.3 is 40.8 Å². The summed E-state index contributed by atoms with van der Waals surface area (Å²) in [6, 6.07) is 15.4. The third kappa shape index (κ3) is 4.93. The van der Waals surface area contributed by atoms with E-state index < -0.39 is 12.3 Å². The van der Waals surface area contributed by atoms with Crippen LogP contribution in [0.1, 0.15) is 0 Å². The van der Waals surface area contributed by atoms with Gasteiger partial charge in [0.15, 0.2) is 12.3 Å². The fraction of sp³-hybridized carbons (Fsp3) is 0. The van der Waals surface area contributed by atoms with Gasteiger partial charge in [-0.25, -0.2) is 40.8 Å². The Bertz CT molecular complexity index is 1440. The molecule has 224 valence electrons. The maximum absolute atomic E-state index is 4.40. The summed E-state index contributed by atoms with van der Waals surface area (Å²) in [7, 11) is 0. The second kappa shape index (κ2) is 13.2. The quantitative estimate of drug-likeness (QED) is 0.0707. The zero-order valence-corrected chi connectivity index (χ0v) is 25.7. The molecular formula is C24H24B2N16Pd2+2. The van der Waals surface area contributed by atoms with Gasteiger partial charge in [0.25, 0.3) is 0 Å². The third-order valence-electron chi connectivity index (χ3n) is 7.73. The van der Waals surface area contributed by atoms with E-state index in [2.05, 4.69) is 81.6 Å². The van der Waals surface area contributed by atoms with Gasteiger partial charge in [0.1, 0.15) is 0 Å². The first kappa shape index (κ1) is 30.6. The van der Waals surface area contributed by atoms with Gasteiger partial charge in [-0.15, -0.1) is 0 Å².